The summed E-state index contributed by atoms with van der Waals surface area (Å²) in [4.78, 5) is 27.2. The Morgan fingerprint density at radius 3 is 2.71 bits per heavy atom. The molecule has 0 saturated carbocycles. The number of para-hydroxylation sites is 1. The number of nitrogens with one attached hydrogen (secondary N) is 3. The Labute approximate surface area is 184 Å². The van der Waals surface area contributed by atoms with Crippen LogP contribution in [0.25, 0.3) is 0 Å². The van der Waals surface area contributed by atoms with Gasteiger partial charge in [-0.1, -0.05) is 31.0 Å². The van der Waals surface area contributed by atoms with Crippen LogP contribution in [0.5, 0.6) is 0 Å². The normalized spacial score (nSPS) is 15.7. The van der Waals surface area contributed by atoms with E-state index >= 15 is 0 Å². The van der Waals surface area contributed by atoms with E-state index in [1.807, 2.05) is 18.2 Å². The molecule has 7 nitrogen and oxygen atoms in total. The minimum atomic E-state index is -0.143. The molecule has 1 aliphatic rings. The maximum Gasteiger partial charge on any atom is 0.305 e. The van der Waals surface area contributed by atoms with Crippen molar-refractivity contribution in [3.63, 3.8) is 0 Å². The lowest BCUT2D eigenvalue weighted by Gasteiger charge is -2.26. The number of fused-ring (bicyclic) bond motifs is 1. The Morgan fingerprint density at radius 1 is 1.21 bits per heavy atom. The maximum atomic E-state index is 11.9. The first-order chi connectivity index (χ1) is 13.1. The van der Waals surface area contributed by atoms with Crippen LogP contribution in [0.2, 0.25) is 0 Å². The second kappa shape index (κ2) is 13.4. The van der Waals surface area contributed by atoms with E-state index in [4.69, 9.17) is 0 Å². The first-order valence-corrected chi connectivity index (χ1v) is 9.54. The summed E-state index contributed by atoms with van der Waals surface area (Å²) in [6.07, 6.45) is 4.90. The van der Waals surface area contributed by atoms with Crippen molar-refractivity contribution in [3.05, 3.63) is 29.8 Å². The molecule has 0 aliphatic carbocycles. The molecule has 0 aromatic heterocycles. The van der Waals surface area contributed by atoms with Crippen LogP contribution in [0.3, 0.4) is 0 Å². The highest BCUT2D eigenvalue weighted by molar-refractivity contribution is 14.0. The van der Waals surface area contributed by atoms with Gasteiger partial charge in [0, 0.05) is 44.6 Å². The van der Waals surface area contributed by atoms with Gasteiger partial charge >= 0.3 is 5.97 Å². The number of esters is 1. The van der Waals surface area contributed by atoms with Crippen LogP contribution < -0.4 is 16.0 Å². The second-order valence-corrected chi connectivity index (χ2v) is 6.66. The van der Waals surface area contributed by atoms with Crippen molar-refractivity contribution in [1.82, 2.24) is 10.6 Å². The number of halogens is 1. The smallest absolute Gasteiger partial charge is 0.305 e. The van der Waals surface area contributed by atoms with Gasteiger partial charge in [-0.3, -0.25) is 14.6 Å². The Bertz CT molecular complexity index is 667. The van der Waals surface area contributed by atoms with Crippen molar-refractivity contribution in [1.29, 1.82) is 0 Å². The maximum absolute atomic E-state index is 11.9. The van der Waals surface area contributed by atoms with Crippen molar-refractivity contribution in [2.45, 2.75) is 44.4 Å². The summed E-state index contributed by atoms with van der Waals surface area (Å²) in [7, 11) is 3.16. The number of ether oxygens (including phenoxy) is 1. The number of guanidine groups is 1. The number of unbranched alkanes of at least 4 members (excludes halogenated alkanes) is 3. The van der Waals surface area contributed by atoms with Crippen LogP contribution in [0.1, 0.15) is 50.0 Å². The Kier molecular flexibility index (Phi) is 11.5. The van der Waals surface area contributed by atoms with E-state index in [1.165, 1.54) is 7.11 Å². The van der Waals surface area contributed by atoms with Crippen molar-refractivity contribution in [3.8, 4) is 0 Å². The quantitative estimate of drug-likeness (QED) is 0.159. The zero-order chi connectivity index (χ0) is 19.5. The molecule has 0 saturated heterocycles. The lowest BCUT2D eigenvalue weighted by molar-refractivity contribution is -0.140. The second-order valence-electron chi connectivity index (χ2n) is 6.66. The summed E-state index contributed by atoms with van der Waals surface area (Å²) in [6.45, 7) is 1.48. The Morgan fingerprint density at radius 2 is 1.96 bits per heavy atom. The molecule has 1 unspecified atom stereocenters. The summed E-state index contributed by atoms with van der Waals surface area (Å²) < 4.78 is 4.63. The highest BCUT2D eigenvalue weighted by atomic mass is 127. The van der Waals surface area contributed by atoms with Crippen LogP contribution in [0.15, 0.2) is 29.3 Å². The third kappa shape index (κ3) is 8.04. The fourth-order valence-electron chi connectivity index (χ4n) is 3.18. The molecule has 0 radical (unpaired) electrons. The van der Waals surface area contributed by atoms with Crippen molar-refractivity contribution in [2.24, 2.45) is 4.99 Å². The lowest BCUT2D eigenvalue weighted by atomic mass is 9.90. The largest absolute Gasteiger partial charge is 0.469 e. The Hall–Kier alpha value is -1.84. The number of carbonyl (C=O) groups is 2. The molecular weight excluding hydrogens is 471 g/mol. The molecule has 1 aliphatic heterocycles. The predicted molar refractivity (Wildman–Crippen MR) is 122 cm³/mol. The number of benzene rings is 1. The summed E-state index contributed by atoms with van der Waals surface area (Å²) in [5.74, 6) is 0.783. The highest BCUT2D eigenvalue weighted by Crippen LogP contribution is 2.31. The first kappa shape index (κ1) is 24.2. The van der Waals surface area contributed by atoms with Crippen LogP contribution in [0.4, 0.5) is 5.69 Å². The molecule has 0 spiro atoms. The number of anilines is 1. The SMILES string of the molecule is CN=C(NCCCCCCC(=O)OC)NCC1CC(=O)Nc2ccccc21.I. The molecule has 3 N–H and O–H groups in total. The van der Waals surface area contributed by atoms with E-state index in [-0.39, 0.29) is 41.8 Å². The van der Waals surface area contributed by atoms with E-state index in [1.54, 1.807) is 7.05 Å². The van der Waals surface area contributed by atoms with Gasteiger partial charge in [-0.05, 0) is 24.5 Å². The topological polar surface area (TPSA) is 91.8 Å². The van der Waals surface area contributed by atoms with Gasteiger partial charge in [0.25, 0.3) is 0 Å². The molecule has 1 heterocycles. The molecular formula is C20H31IN4O3. The van der Waals surface area contributed by atoms with Crippen molar-refractivity contribution >= 4 is 47.5 Å². The van der Waals surface area contributed by atoms with Crippen molar-refractivity contribution < 1.29 is 14.3 Å². The van der Waals surface area contributed by atoms with Gasteiger partial charge in [-0.15, -0.1) is 24.0 Å². The van der Waals surface area contributed by atoms with Crippen LogP contribution in [0, 0.1) is 0 Å². The molecule has 0 fully saturated rings. The standard InChI is InChI=1S/C20H30N4O3.HI/c1-21-20(22-12-8-4-3-5-11-19(26)27-2)23-14-15-13-18(25)24-17-10-7-6-9-16(15)17;/h6-7,9-10,15H,3-5,8,11-14H2,1-2H3,(H,24,25)(H2,21,22,23);1H. The van der Waals surface area contributed by atoms with Gasteiger partial charge in [0.2, 0.25) is 5.91 Å². The summed E-state index contributed by atoms with van der Waals surface area (Å²) in [5.41, 5.74) is 2.06. The molecule has 1 atom stereocenters. The van der Waals surface area contributed by atoms with Gasteiger partial charge in [-0.25, -0.2) is 0 Å². The number of hydrogen-bond donors (Lipinski definition) is 3. The zero-order valence-corrected chi connectivity index (χ0v) is 19.0. The number of rotatable bonds is 9. The Balaban J connectivity index is 0.00000392. The minimum Gasteiger partial charge on any atom is -0.469 e. The molecule has 1 amide bonds. The van der Waals surface area contributed by atoms with E-state index in [0.717, 1.165) is 49.4 Å². The van der Waals surface area contributed by atoms with Gasteiger partial charge in [0.15, 0.2) is 5.96 Å². The summed E-state index contributed by atoms with van der Waals surface area (Å²) in [5, 5.41) is 9.54. The molecule has 1 aromatic carbocycles. The first-order valence-electron chi connectivity index (χ1n) is 9.54. The van der Waals surface area contributed by atoms with Gasteiger partial charge in [0.1, 0.15) is 0 Å². The van der Waals surface area contributed by atoms with E-state index in [0.29, 0.717) is 19.4 Å². The minimum absolute atomic E-state index is 0. The summed E-state index contributed by atoms with van der Waals surface area (Å²) >= 11 is 0. The fourth-order valence-corrected chi connectivity index (χ4v) is 3.18. The van der Waals surface area contributed by atoms with E-state index in [9.17, 15) is 9.59 Å². The van der Waals surface area contributed by atoms with Crippen LogP contribution >= 0.6 is 24.0 Å². The number of carbonyl (C=O) groups excluding carboxylic acids is 2. The fraction of sp³-hybridized carbons (Fsp3) is 0.550. The molecule has 2 rings (SSSR count). The van der Waals surface area contributed by atoms with E-state index in [2.05, 4.69) is 31.7 Å². The number of methoxy groups -OCH3 is 1. The van der Waals surface area contributed by atoms with Gasteiger partial charge in [-0.2, -0.15) is 0 Å². The monoisotopic (exact) mass is 502 g/mol. The number of nitrogens with zero attached hydrogens (tertiary/aromatic N) is 1. The van der Waals surface area contributed by atoms with Crippen LogP contribution in [-0.2, 0) is 14.3 Å². The number of aliphatic imine (C=N–C) groups is 1. The number of hydrogen-bond acceptors (Lipinski definition) is 4. The summed E-state index contributed by atoms with van der Waals surface area (Å²) in [6, 6.07) is 7.93. The van der Waals surface area contributed by atoms with Gasteiger partial charge < -0.3 is 20.7 Å². The number of amides is 1. The lowest BCUT2D eigenvalue weighted by Crippen LogP contribution is -2.41. The van der Waals surface area contributed by atoms with Crippen molar-refractivity contribution in [2.75, 3.05) is 32.6 Å². The highest BCUT2D eigenvalue weighted by Gasteiger charge is 2.24. The zero-order valence-electron chi connectivity index (χ0n) is 16.6. The van der Waals surface area contributed by atoms with Gasteiger partial charge in [0.05, 0.1) is 7.11 Å². The third-order valence-electron chi connectivity index (χ3n) is 4.67. The average molecular weight is 502 g/mol. The third-order valence-corrected chi connectivity index (χ3v) is 4.67. The van der Waals surface area contributed by atoms with E-state index < -0.39 is 0 Å². The molecule has 28 heavy (non-hydrogen) atoms. The average Bonchev–Trinajstić information content (AvgIpc) is 2.68. The predicted octanol–water partition coefficient (Wildman–Crippen LogP) is 3.02. The molecule has 0 bridgehead atoms. The molecule has 8 heteroatoms. The molecule has 156 valence electrons. The molecule has 1 aromatic rings. The van der Waals surface area contributed by atoms with Crippen LogP contribution in [-0.4, -0.2) is 45.1 Å².